The number of ether oxygens (including phenoxy) is 2. The van der Waals surface area contributed by atoms with Crippen molar-refractivity contribution in [3.05, 3.63) is 0 Å². The lowest BCUT2D eigenvalue weighted by Crippen LogP contribution is -2.12. The number of carbonyl (C=O) groups excluding carboxylic acids is 1. The predicted octanol–water partition coefficient (Wildman–Crippen LogP) is 0.584. The summed E-state index contributed by atoms with van der Waals surface area (Å²) in [6.07, 6.45) is 0.282. The van der Waals surface area contributed by atoms with E-state index in [4.69, 9.17) is 4.74 Å². The van der Waals surface area contributed by atoms with Crippen LogP contribution in [0.25, 0.3) is 0 Å². The second kappa shape index (κ2) is 4.32. The van der Waals surface area contributed by atoms with Gasteiger partial charge in [-0.2, -0.15) is 0 Å². The average molecular weight is 132 g/mol. The maximum Gasteiger partial charge on any atom is 0.308 e. The Morgan fingerprint density at radius 1 is 1.56 bits per heavy atom. The summed E-state index contributed by atoms with van der Waals surface area (Å²) in [4.78, 5) is 10.5. The molecule has 0 radical (unpaired) electrons. The predicted molar refractivity (Wildman–Crippen MR) is 33.1 cm³/mol. The van der Waals surface area contributed by atoms with E-state index in [1.54, 1.807) is 7.11 Å². The Bertz CT molecular complexity index is 90.3. The van der Waals surface area contributed by atoms with Crippen molar-refractivity contribution >= 4 is 5.97 Å². The van der Waals surface area contributed by atoms with Gasteiger partial charge >= 0.3 is 5.97 Å². The summed E-state index contributed by atoms with van der Waals surface area (Å²) in [7, 11) is 2.93. The zero-order chi connectivity index (χ0) is 7.28. The standard InChI is InChI=1S/C6H12O3/c1-5(8-2)4-6(7)9-3/h5H,4H2,1-3H3. The van der Waals surface area contributed by atoms with Gasteiger partial charge in [-0.15, -0.1) is 0 Å². The second-order valence-corrected chi connectivity index (χ2v) is 1.83. The molecule has 3 nitrogen and oxygen atoms in total. The molecule has 0 fully saturated rings. The van der Waals surface area contributed by atoms with E-state index >= 15 is 0 Å². The number of rotatable bonds is 3. The molecule has 0 spiro atoms. The molecule has 0 aromatic carbocycles. The molecule has 1 atom stereocenters. The molecule has 0 rings (SSSR count). The fourth-order valence-corrected chi connectivity index (χ4v) is 0.401. The molecular weight excluding hydrogens is 120 g/mol. The van der Waals surface area contributed by atoms with Crippen molar-refractivity contribution in [1.82, 2.24) is 0 Å². The molecule has 0 aromatic rings. The summed E-state index contributed by atoms with van der Waals surface area (Å²) in [6, 6.07) is 0. The summed E-state index contributed by atoms with van der Waals surface area (Å²) in [5, 5.41) is 0. The number of methoxy groups -OCH3 is 2. The largest absolute Gasteiger partial charge is 0.469 e. The Hall–Kier alpha value is -0.570. The first-order chi connectivity index (χ1) is 4.20. The Labute approximate surface area is 55.0 Å². The van der Waals surface area contributed by atoms with Crippen LogP contribution in [0, 0.1) is 0 Å². The third kappa shape index (κ3) is 3.97. The van der Waals surface area contributed by atoms with Crippen molar-refractivity contribution < 1.29 is 14.3 Å². The number of carbonyl (C=O) groups is 1. The van der Waals surface area contributed by atoms with Crippen LogP contribution in [-0.4, -0.2) is 26.3 Å². The van der Waals surface area contributed by atoms with Crippen molar-refractivity contribution in [3.8, 4) is 0 Å². The third-order valence-corrected chi connectivity index (χ3v) is 1.08. The van der Waals surface area contributed by atoms with Crippen LogP contribution < -0.4 is 0 Å². The zero-order valence-corrected chi connectivity index (χ0v) is 6.01. The van der Waals surface area contributed by atoms with Gasteiger partial charge in [-0.3, -0.25) is 4.79 Å². The van der Waals surface area contributed by atoms with Crippen LogP contribution in [0.3, 0.4) is 0 Å². The molecule has 0 aliphatic rings. The maximum absolute atomic E-state index is 10.5. The Morgan fingerprint density at radius 3 is 2.44 bits per heavy atom. The van der Waals surface area contributed by atoms with Crippen molar-refractivity contribution in [2.24, 2.45) is 0 Å². The lowest BCUT2D eigenvalue weighted by atomic mass is 10.3. The Kier molecular flexibility index (Phi) is 4.05. The van der Waals surface area contributed by atoms with Crippen molar-refractivity contribution in [2.75, 3.05) is 14.2 Å². The van der Waals surface area contributed by atoms with Crippen LogP contribution in [0.1, 0.15) is 13.3 Å². The first-order valence-corrected chi connectivity index (χ1v) is 2.80. The molecule has 0 bridgehead atoms. The van der Waals surface area contributed by atoms with Gasteiger partial charge in [0.25, 0.3) is 0 Å². The van der Waals surface area contributed by atoms with Crippen molar-refractivity contribution in [2.45, 2.75) is 19.4 Å². The Balaban J connectivity index is 3.34. The fourth-order valence-electron chi connectivity index (χ4n) is 0.401. The van der Waals surface area contributed by atoms with E-state index in [0.29, 0.717) is 6.42 Å². The molecular formula is C6H12O3. The Morgan fingerprint density at radius 2 is 2.11 bits per heavy atom. The molecule has 9 heavy (non-hydrogen) atoms. The molecule has 0 aromatic heterocycles. The van der Waals surface area contributed by atoms with Crippen LogP contribution in [0.15, 0.2) is 0 Å². The van der Waals surface area contributed by atoms with Gasteiger partial charge < -0.3 is 9.47 Å². The molecule has 1 unspecified atom stereocenters. The van der Waals surface area contributed by atoms with Gasteiger partial charge in [0.15, 0.2) is 0 Å². The van der Waals surface area contributed by atoms with Gasteiger partial charge in [0.1, 0.15) is 0 Å². The molecule has 0 saturated heterocycles. The topological polar surface area (TPSA) is 35.5 Å². The first kappa shape index (κ1) is 8.43. The SMILES string of the molecule is COC(=O)CC(C)OC. The summed E-state index contributed by atoms with van der Waals surface area (Å²) in [5.41, 5.74) is 0. The lowest BCUT2D eigenvalue weighted by Gasteiger charge is -2.05. The van der Waals surface area contributed by atoms with Crippen molar-refractivity contribution in [3.63, 3.8) is 0 Å². The van der Waals surface area contributed by atoms with Crippen LogP contribution >= 0.6 is 0 Å². The molecule has 0 aliphatic carbocycles. The maximum atomic E-state index is 10.5. The smallest absolute Gasteiger partial charge is 0.308 e. The minimum absolute atomic E-state index is 0.0440. The van der Waals surface area contributed by atoms with E-state index in [-0.39, 0.29) is 12.1 Å². The normalized spacial score (nSPS) is 12.8. The summed E-state index contributed by atoms with van der Waals surface area (Å²) >= 11 is 0. The molecule has 3 heteroatoms. The zero-order valence-electron chi connectivity index (χ0n) is 6.01. The van der Waals surface area contributed by atoms with Crippen LogP contribution in [0.4, 0.5) is 0 Å². The highest BCUT2D eigenvalue weighted by molar-refractivity contribution is 5.69. The highest BCUT2D eigenvalue weighted by atomic mass is 16.5. The monoisotopic (exact) mass is 132 g/mol. The molecule has 0 amide bonds. The van der Waals surface area contributed by atoms with Gasteiger partial charge in [0.2, 0.25) is 0 Å². The highest BCUT2D eigenvalue weighted by Crippen LogP contribution is 1.95. The summed E-state index contributed by atoms with van der Waals surface area (Å²) in [6.45, 7) is 1.82. The van der Waals surface area contributed by atoms with E-state index in [9.17, 15) is 4.79 Å². The first-order valence-electron chi connectivity index (χ1n) is 2.80. The average Bonchev–Trinajstić information content (AvgIpc) is 1.87. The number of hydrogen-bond donors (Lipinski definition) is 0. The van der Waals surface area contributed by atoms with Crippen LogP contribution in [0.5, 0.6) is 0 Å². The summed E-state index contributed by atoms with van der Waals surface area (Å²) in [5.74, 6) is -0.232. The minimum Gasteiger partial charge on any atom is -0.469 e. The molecule has 0 heterocycles. The minimum atomic E-state index is -0.232. The van der Waals surface area contributed by atoms with Gasteiger partial charge in [0, 0.05) is 7.11 Å². The van der Waals surface area contributed by atoms with Crippen molar-refractivity contribution in [1.29, 1.82) is 0 Å². The van der Waals surface area contributed by atoms with Gasteiger partial charge in [-0.1, -0.05) is 0 Å². The van der Waals surface area contributed by atoms with E-state index in [1.807, 2.05) is 6.92 Å². The van der Waals surface area contributed by atoms with Gasteiger partial charge in [0.05, 0.1) is 19.6 Å². The van der Waals surface area contributed by atoms with E-state index < -0.39 is 0 Å². The molecule has 54 valence electrons. The second-order valence-electron chi connectivity index (χ2n) is 1.83. The summed E-state index contributed by atoms with van der Waals surface area (Å²) < 4.78 is 9.23. The van der Waals surface area contributed by atoms with E-state index in [2.05, 4.69) is 4.74 Å². The molecule has 0 N–H and O–H groups in total. The van der Waals surface area contributed by atoms with Gasteiger partial charge in [-0.25, -0.2) is 0 Å². The number of hydrogen-bond acceptors (Lipinski definition) is 3. The van der Waals surface area contributed by atoms with Crippen LogP contribution in [0.2, 0.25) is 0 Å². The van der Waals surface area contributed by atoms with Crippen LogP contribution in [-0.2, 0) is 14.3 Å². The fraction of sp³-hybridized carbons (Fsp3) is 0.833. The van der Waals surface area contributed by atoms with E-state index in [1.165, 1.54) is 7.11 Å². The highest BCUT2D eigenvalue weighted by Gasteiger charge is 2.06. The lowest BCUT2D eigenvalue weighted by molar-refractivity contribution is -0.143. The quantitative estimate of drug-likeness (QED) is 0.527. The van der Waals surface area contributed by atoms with E-state index in [0.717, 1.165) is 0 Å². The third-order valence-electron chi connectivity index (χ3n) is 1.08. The number of esters is 1. The molecule has 0 aliphatic heterocycles. The van der Waals surface area contributed by atoms with Gasteiger partial charge in [-0.05, 0) is 6.92 Å². The molecule has 0 saturated carbocycles.